The fourth-order valence-electron chi connectivity index (χ4n) is 5.62. The number of carbonyl (C=O) groups excluding carboxylic acids is 3. The lowest BCUT2D eigenvalue weighted by atomic mass is 9.87. The number of rotatable bonds is 11. The molecule has 0 radical (unpaired) electrons. The molecule has 2 aromatic heterocycles. The lowest BCUT2D eigenvalue weighted by Gasteiger charge is -2.28. The first-order chi connectivity index (χ1) is 19.5. The number of nitrogens with two attached hydrogens (primary N) is 1. The number of carbonyl (C=O) groups is 3. The molecule has 0 unspecified atom stereocenters. The fourth-order valence-corrected chi connectivity index (χ4v) is 5.62. The van der Waals surface area contributed by atoms with Gasteiger partial charge in [-0.3, -0.25) is 14.4 Å². The summed E-state index contributed by atoms with van der Waals surface area (Å²) in [6.45, 7) is 6.95. The Labute approximate surface area is 240 Å². The lowest BCUT2D eigenvalue weighted by molar-refractivity contribution is -0.162. The smallest absolute Gasteiger partial charge is 0.323 e. The summed E-state index contributed by atoms with van der Waals surface area (Å²) < 4.78 is 19.2. The van der Waals surface area contributed by atoms with E-state index in [9.17, 15) is 19.5 Å². The molecule has 4 rings (SSSR count). The van der Waals surface area contributed by atoms with Crippen molar-refractivity contribution >= 4 is 29.2 Å². The van der Waals surface area contributed by atoms with Crippen LogP contribution >= 0.6 is 0 Å². The van der Waals surface area contributed by atoms with Crippen LogP contribution in [0.1, 0.15) is 84.8 Å². The van der Waals surface area contributed by atoms with Gasteiger partial charge >= 0.3 is 11.9 Å². The van der Waals surface area contributed by atoms with E-state index in [-0.39, 0.29) is 24.4 Å². The molecule has 12 nitrogen and oxygen atoms in total. The Kier molecular flexibility index (Phi) is 9.98. The predicted molar refractivity (Wildman–Crippen MR) is 150 cm³/mol. The van der Waals surface area contributed by atoms with Gasteiger partial charge < -0.3 is 30.4 Å². The molecule has 12 heteroatoms. The number of fused-ring (bicyclic) bond motifs is 1. The van der Waals surface area contributed by atoms with E-state index in [1.165, 1.54) is 17.3 Å². The average Bonchev–Trinajstić information content (AvgIpc) is 3.48. The number of aromatic nitrogens is 3. The van der Waals surface area contributed by atoms with E-state index in [0.717, 1.165) is 25.7 Å². The number of nitrogens with one attached hydrogen (secondary N) is 1. The Balaban J connectivity index is 1.58. The zero-order valence-electron chi connectivity index (χ0n) is 24.4. The maximum Gasteiger partial charge on any atom is 0.323 e. The number of hydrogen-bond donors (Lipinski definition) is 3. The monoisotopic (exact) mass is 573 g/mol. The highest BCUT2D eigenvalue weighted by Crippen LogP contribution is 2.42. The minimum Gasteiger partial charge on any atom is -0.463 e. The summed E-state index contributed by atoms with van der Waals surface area (Å²) in [6, 6.07) is 2.52. The van der Waals surface area contributed by atoms with Gasteiger partial charge in [-0.25, -0.2) is 9.50 Å². The quantitative estimate of drug-likeness (QED) is 0.340. The minimum atomic E-state index is -1.42. The number of esters is 2. The summed E-state index contributed by atoms with van der Waals surface area (Å²) in [5.74, 6) is -0.775. The Morgan fingerprint density at radius 2 is 1.98 bits per heavy atom. The molecule has 1 aliphatic heterocycles. The summed E-state index contributed by atoms with van der Waals surface area (Å²) >= 11 is 0. The Morgan fingerprint density at radius 1 is 1.24 bits per heavy atom. The molecule has 0 bridgehead atoms. The van der Waals surface area contributed by atoms with Crippen LogP contribution in [0.3, 0.4) is 0 Å². The molecule has 0 aromatic carbocycles. The van der Waals surface area contributed by atoms with Crippen LogP contribution in [0.2, 0.25) is 0 Å². The highest BCUT2D eigenvalue weighted by molar-refractivity contribution is 5.93. The number of ether oxygens (including phenoxy) is 3. The van der Waals surface area contributed by atoms with Crippen molar-refractivity contribution in [1.29, 1.82) is 0 Å². The van der Waals surface area contributed by atoms with Gasteiger partial charge in [0.25, 0.3) is 0 Å². The topological polar surface area (TPSA) is 167 Å². The molecule has 0 spiro atoms. The van der Waals surface area contributed by atoms with Crippen LogP contribution in [0.5, 0.6) is 0 Å². The van der Waals surface area contributed by atoms with Gasteiger partial charge in [-0.1, -0.05) is 40.0 Å². The lowest BCUT2D eigenvalue weighted by Crippen LogP contribution is -2.46. The molecule has 2 aromatic rings. The number of aliphatic hydroxyl groups excluding tert-OH is 1. The normalized spacial score (nSPS) is 25.8. The first-order valence-corrected chi connectivity index (χ1v) is 14.7. The third-order valence-electron chi connectivity index (χ3n) is 8.17. The van der Waals surface area contributed by atoms with Gasteiger partial charge in [-0.2, -0.15) is 5.10 Å². The zero-order chi connectivity index (χ0) is 29.7. The molecule has 1 amide bonds. The minimum absolute atomic E-state index is 0.178. The van der Waals surface area contributed by atoms with Crippen molar-refractivity contribution in [2.45, 2.75) is 109 Å². The van der Waals surface area contributed by atoms with Gasteiger partial charge in [0, 0.05) is 12.8 Å². The Hall–Kier alpha value is -3.09. The zero-order valence-corrected chi connectivity index (χ0v) is 24.4. The van der Waals surface area contributed by atoms with Gasteiger partial charge in [0.05, 0.1) is 5.69 Å². The molecular formula is C29H43N5O7. The molecule has 5 atom stereocenters. The molecule has 4 N–H and O–H groups in total. The van der Waals surface area contributed by atoms with Crippen LogP contribution in [-0.2, 0) is 34.2 Å². The second kappa shape index (κ2) is 13.3. The van der Waals surface area contributed by atoms with Gasteiger partial charge in [-0.05, 0) is 50.2 Å². The van der Waals surface area contributed by atoms with Crippen molar-refractivity contribution < 1.29 is 33.7 Å². The van der Waals surface area contributed by atoms with Crippen molar-refractivity contribution in [2.75, 3.05) is 11.9 Å². The molecule has 3 heterocycles. The van der Waals surface area contributed by atoms with Crippen molar-refractivity contribution in [3.63, 3.8) is 0 Å². The van der Waals surface area contributed by atoms with Gasteiger partial charge in [0.15, 0.2) is 11.9 Å². The van der Waals surface area contributed by atoms with Crippen molar-refractivity contribution in [3.8, 4) is 0 Å². The van der Waals surface area contributed by atoms with E-state index in [1.807, 2.05) is 6.92 Å². The van der Waals surface area contributed by atoms with Gasteiger partial charge in [0.2, 0.25) is 5.91 Å². The van der Waals surface area contributed by atoms with E-state index in [1.54, 1.807) is 32.9 Å². The van der Waals surface area contributed by atoms with Crippen LogP contribution in [0.4, 0.5) is 5.82 Å². The fraction of sp³-hybridized carbons (Fsp3) is 0.690. The van der Waals surface area contributed by atoms with Crippen LogP contribution in [0.25, 0.3) is 5.52 Å². The summed E-state index contributed by atoms with van der Waals surface area (Å²) in [5, 5.41) is 18.7. The molecule has 1 saturated carbocycles. The predicted octanol–water partition coefficient (Wildman–Crippen LogP) is 2.85. The molecule has 1 aliphatic carbocycles. The summed E-state index contributed by atoms with van der Waals surface area (Å²) in [6.07, 6.45) is 4.61. The number of nitrogens with zero attached hydrogens (tertiary/aromatic N) is 3. The van der Waals surface area contributed by atoms with Gasteiger partial charge in [0.1, 0.15) is 42.3 Å². The number of anilines is 1. The van der Waals surface area contributed by atoms with Crippen LogP contribution < -0.4 is 11.1 Å². The second-order valence-corrected chi connectivity index (χ2v) is 11.7. The highest BCUT2D eigenvalue weighted by Gasteiger charge is 2.56. The standard InChI is InChI=1S/C29H43N5O7/c1-5-9-22(35)33-27-19-12-13-21(34(19)32-16-31-27)29(4)26(37)25(40-28(38)24(30)17(2)3)20(41-29)15-39-23(36)14-18-10-7-6-8-11-18/h12-13,16-18,20,24-26,37H,5-11,14-15,30H2,1-4H3,(H,31,32,33,35)/t20-,24+,25-,26-,29+/m1/s1. The van der Waals surface area contributed by atoms with E-state index < -0.39 is 35.9 Å². The number of hydrogen-bond acceptors (Lipinski definition) is 10. The van der Waals surface area contributed by atoms with E-state index in [4.69, 9.17) is 19.9 Å². The summed E-state index contributed by atoms with van der Waals surface area (Å²) in [5.41, 5.74) is 5.56. The average molecular weight is 574 g/mol. The third kappa shape index (κ3) is 6.87. The molecule has 1 saturated heterocycles. The third-order valence-corrected chi connectivity index (χ3v) is 8.17. The summed E-state index contributed by atoms with van der Waals surface area (Å²) in [4.78, 5) is 42.0. The Bertz CT molecular complexity index is 1230. The second-order valence-electron chi connectivity index (χ2n) is 11.7. The van der Waals surface area contributed by atoms with E-state index >= 15 is 0 Å². The number of aliphatic hydroxyl groups is 1. The van der Waals surface area contributed by atoms with Crippen molar-refractivity contribution in [3.05, 3.63) is 24.2 Å². The largest absolute Gasteiger partial charge is 0.463 e. The van der Waals surface area contributed by atoms with Crippen molar-refractivity contribution in [1.82, 2.24) is 14.6 Å². The van der Waals surface area contributed by atoms with E-state index in [0.29, 0.717) is 42.2 Å². The summed E-state index contributed by atoms with van der Waals surface area (Å²) in [7, 11) is 0. The maximum atomic E-state index is 12.9. The van der Waals surface area contributed by atoms with Crippen LogP contribution in [-0.4, -0.2) is 68.5 Å². The number of amides is 1. The van der Waals surface area contributed by atoms with Gasteiger partial charge in [-0.15, -0.1) is 0 Å². The van der Waals surface area contributed by atoms with Crippen LogP contribution in [0.15, 0.2) is 18.5 Å². The molecule has 2 fully saturated rings. The first-order valence-electron chi connectivity index (χ1n) is 14.7. The Morgan fingerprint density at radius 3 is 2.66 bits per heavy atom. The maximum absolute atomic E-state index is 12.9. The molecular weight excluding hydrogens is 530 g/mol. The SMILES string of the molecule is CCCC(=O)Nc1ncnn2c([C@]3(C)O[C@H](COC(=O)CC4CCCCC4)[C@@H](OC(=O)[C@@H](N)C(C)C)[C@H]3O)ccc12. The molecule has 2 aliphatic rings. The molecule has 41 heavy (non-hydrogen) atoms. The van der Waals surface area contributed by atoms with E-state index in [2.05, 4.69) is 15.4 Å². The van der Waals surface area contributed by atoms with Crippen molar-refractivity contribution in [2.24, 2.45) is 17.6 Å². The molecule has 226 valence electrons. The van der Waals surface area contributed by atoms with Crippen LogP contribution in [0, 0.1) is 11.8 Å². The first kappa shape index (κ1) is 30.9. The highest BCUT2D eigenvalue weighted by atomic mass is 16.6.